The average Bonchev–Trinajstić information content (AvgIpc) is 1.99. The molecule has 0 aromatic carbocycles. The summed E-state index contributed by atoms with van der Waals surface area (Å²) in [6.45, 7) is 6.64. The molecule has 0 unspecified atom stereocenters. The molecular weight excluding hydrogens is 128 g/mol. The highest BCUT2D eigenvalue weighted by molar-refractivity contribution is 4.97. The van der Waals surface area contributed by atoms with Gasteiger partial charge in [-0.15, -0.1) is 0 Å². The molecule has 0 aliphatic rings. The van der Waals surface area contributed by atoms with Crippen LogP contribution in [-0.4, -0.2) is 13.7 Å². The highest BCUT2D eigenvalue weighted by Gasteiger charge is 1.98. The van der Waals surface area contributed by atoms with Crippen molar-refractivity contribution in [3.63, 3.8) is 0 Å². The van der Waals surface area contributed by atoms with Crippen molar-refractivity contribution >= 4 is 0 Å². The zero-order valence-electron chi connectivity index (χ0n) is 7.23. The van der Waals surface area contributed by atoms with Crippen LogP contribution in [0.3, 0.4) is 0 Å². The lowest BCUT2D eigenvalue weighted by Crippen LogP contribution is -1.95. The zero-order chi connectivity index (χ0) is 7.98. The van der Waals surface area contributed by atoms with Gasteiger partial charge in [-0.1, -0.05) is 6.92 Å². The number of rotatable bonds is 4. The molecule has 0 radical (unpaired) electrons. The molecule has 0 amide bonds. The van der Waals surface area contributed by atoms with E-state index in [1.165, 1.54) is 0 Å². The Labute approximate surface area is 62.8 Å². The second-order valence-corrected chi connectivity index (χ2v) is 1.97. The fraction of sp³-hybridized carbons (Fsp3) is 0.750. The SMILES string of the molecule is CCOC(CC)=C(C)OC. The Kier molecular flexibility index (Phi) is 4.81. The molecule has 0 N–H and O–H groups in total. The third-order valence-electron chi connectivity index (χ3n) is 1.34. The van der Waals surface area contributed by atoms with Crippen LogP contribution in [0.15, 0.2) is 11.5 Å². The Hall–Kier alpha value is -0.660. The van der Waals surface area contributed by atoms with E-state index in [0.717, 1.165) is 17.9 Å². The highest BCUT2D eigenvalue weighted by Crippen LogP contribution is 2.09. The predicted octanol–water partition coefficient (Wildman–Crippen LogP) is 2.31. The van der Waals surface area contributed by atoms with E-state index in [9.17, 15) is 0 Å². The molecular formula is C8H16O2. The maximum absolute atomic E-state index is 5.30. The van der Waals surface area contributed by atoms with Gasteiger partial charge in [-0.25, -0.2) is 0 Å². The van der Waals surface area contributed by atoms with Crippen molar-refractivity contribution < 1.29 is 9.47 Å². The van der Waals surface area contributed by atoms with Crippen molar-refractivity contribution in [2.24, 2.45) is 0 Å². The molecule has 2 nitrogen and oxygen atoms in total. The van der Waals surface area contributed by atoms with Crippen molar-refractivity contribution in [3.05, 3.63) is 11.5 Å². The first-order valence-electron chi connectivity index (χ1n) is 3.62. The minimum absolute atomic E-state index is 0.712. The fourth-order valence-corrected chi connectivity index (χ4v) is 0.741. The third kappa shape index (κ3) is 2.76. The molecule has 10 heavy (non-hydrogen) atoms. The average molecular weight is 144 g/mol. The van der Waals surface area contributed by atoms with E-state index in [1.807, 2.05) is 20.8 Å². The van der Waals surface area contributed by atoms with Gasteiger partial charge in [0, 0.05) is 6.42 Å². The van der Waals surface area contributed by atoms with E-state index in [4.69, 9.17) is 9.47 Å². The lowest BCUT2D eigenvalue weighted by atomic mass is 10.3. The van der Waals surface area contributed by atoms with E-state index in [2.05, 4.69) is 0 Å². The molecule has 0 aromatic heterocycles. The number of hydrogen-bond donors (Lipinski definition) is 0. The predicted molar refractivity (Wildman–Crippen MR) is 41.6 cm³/mol. The maximum atomic E-state index is 5.30. The van der Waals surface area contributed by atoms with Crippen molar-refractivity contribution in [1.82, 2.24) is 0 Å². The van der Waals surface area contributed by atoms with Crippen LogP contribution in [0.4, 0.5) is 0 Å². The van der Waals surface area contributed by atoms with Gasteiger partial charge in [0.1, 0.15) is 11.5 Å². The Bertz CT molecular complexity index is 116. The molecule has 0 atom stereocenters. The Balaban J connectivity index is 4.00. The smallest absolute Gasteiger partial charge is 0.133 e. The first kappa shape index (κ1) is 9.34. The molecule has 2 heteroatoms. The molecule has 0 aliphatic heterocycles. The van der Waals surface area contributed by atoms with E-state index in [1.54, 1.807) is 7.11 Å². The zero-order valence-corrected chi connectivity index (χ0v) is 7.23. The van der Waals surface area contributed by atoms with Crippen molar-refractivity contribution in [3.8, 4) is 0 Å². The second-order valence-electron chi connectivity index (χ2n) is 1.97. The molecule has 0 spiro atoms. The Morgan fingerprint density at radius 3 is 2.20 bits per heavy atom. The topological polar surface area (TPSA) is 18.5 Å². The summed E-state index contributed by atoms with van der Waals surface area (Å²) in [6.07, 6.45) is 0.896. The molecule has 0 rings (SSSR count). The first-order valence-corrected chi connectivity index (χ1v) is 3.62. The number of hydrogen-bond acceptors (Lipinski definition) is 2. The van der Waals surface area contributed by atoms with Crippen molar-refractivity contribution in [1.29, 1.82) is 0 Å². The van der Waals surface area contributed by atoms with Crippen LogP contribution >= 0.6 is 0 Å². The van der Waals surface area contributed by atoms with Crippen LogP contribution in [0, 0.1) is 0 Å². The summed E-state index contributed by atoms with van der Waals surface area (Å²) in [6, 6.07) is 0. The third-order valence-corrected chi connectivity index (χ3v) is 1.34. The summed E-state index contributed by atoms with van der Waals surface area (Å²) < 4.78 is 10.3. The molecule has 0 aromatic rings. The molecule has 0 saturated heterocycles. The van der Waals surface area contributed by atoms with E-state index in [-0.39, 0.29) is 0 Å². The lowest BCUT2D eigenvalue weighted by molar-refractivity contribution is 0.181. The highest BCUT2D eigenvalue weighted by atomic mass is 16.5. The van der Waals surface area contributed by atoms with Gasteiger partial charge in [0.05, 0.1) is 13.7 Å². The van der Waals surface area contributed by atoms with Gasteiger partial charge in [0.2, 0.25) is 0 Å². The van der Waals surface area contributed by atoms with Crippen molar-refractivity contribution in [2.45, 2.75) is 27.2 Å². The largest absolute Gasteiger partial charge is 0.498 e. The van der Waals surface area contributed by atoms with Gasteiger partial charge in [-0.05, 0) is 13.8 Å². The van der Waals surface area contributed by atoms with Crippen LogP contribution in [0.25, 0.3) is 0 Å². The first-order chi connectivity index (χ1) is 4.76. The quantitative estimate of drug-likeness (QED) is 0.564. The maximum Gasteiger partial charge on any atom is 0.133 e. The summed E-state index contributed by atoms with van der Waals surface area (Å²) in [5.74, 6) is 1.83. The lowest BCUT2D eigenvalue weighted by Gasteiger charge is -2.08. The molecule has 0 saturated carbocycles. The normalized spacial score (nSPS) is 12.4. The second kappa shape index (κ2) is 5.15. The van der Waals surface area contributed by atoms with Gasteiger partial charge in [0.15, 0.2) is 0 Å². The molecule has 60 valence electrons. The van der Waals surface area contributed by atoms with Gasteiger partial charge >= 0.3 is 0 Å². The van der Waals surface area contributed by atoms with E-state index in [0.29, 0.717) is 6.61 Å². The van der Waals surface area contributed by atoms with Crippen LogP contribution in [0.1, 0.15) is 27.2 Å². The molecule has 0 fully saturated rings. The molecule has 0 aliphatic carbocycles. The monoisotopic (exact) mass is 144 g/mol. The number of methoxy groups -OCH3 is 1. The summed E-state index contributed by atoms with van der Waals surface area (Å²) in [7, 11) is 1.66. The van der Waals surface area contributed by atoms with Crippen LogP contribution in [0.5, 0.6) is 0 Å². The van der Waals surface area contributed by atoms with Crippen LogP contribution in [-0.2, 0) is 9.47 Å². The number of allylic oxidation sites excluding steroid dienone is 2. The Morgan fingerprint density at radius 2 is 1.90 bits per heavy atom. The fourth-order valence-electron chi connectivity index (χ4n) is 0.741. The minimum Gasteiger partial charge on any atom is -0.498 e. The summed E-state index contributed by atoms with van der Waals surface area (Å²) >= 11 is 0. The summed E-state index contributed by atoms with van der Waals surface area (Å²) in [4.78, 5) is 0. The van der Waals surface area contributed by atoms with E-state index < -0.39 is 0 Å². The van der Waals surface area contributed by atoms with Gasteiger partial charge in [0.25, 0.3) is 0 Å². The minimum atomic E-state index is 0.712. The van der Waals surface area contributed by atoms with E-state index >= 15 is 0 Å². The van der Waals surface area contributed by atoms with Gasteiger partial charge in [-0.2, -0.15) is 0 Å². The molecule has 0 heterocycles. The van der Waals surface area contributed by atoms with Crippen LogP contribution < -0.4 is 0 Å². The van der Waals surface area contributed by atoms with Gasteiger partial charge < -0.3 is 9.47 Å². The molecule has 0 bridgehead atoms. The van der Waals surface area contributed by atoms with Gasteiger partial charge in [-0.3, -0.25) is 0 Å². The van der Waals surface area contributed by atoms with Crippen molar-refractivity contribution in [2.75, 3.05) is 13.7 Å². The summed E-state index contributed by atoms with van der Waals surface area (Å²) in [5.41, 5.74) is 0. The number of ether oxygens (including phenoxy) is 2. The standard InChI is InChI=1S/C8H16O2/c1-5-8(10-6-2)7(3)9-4/h5-6H2,1-4H3. The van der Waals surface area contributed by atoms with Crippen LogP contribution in [0.2, 0.25) is 0 Å². The summed E-state index contributed by atoms with van der Waals surface area (Å²) in [5, 5.41) is 0. The Morgan fingerprint density at radius 1 is 1.30 bits per heavy atom.